The summed E-state index contributed by atoms with van der Waals surface area (Å²) in [6.07, 6.45) is 8.03. The molecule has 2 saturated heterocycles. The van der Waals surface area contributed by atoms with Gasteiger partial charge in [-0.05, 0) is 12.5 Å². The third-order valence-electron chi connectivity index (χ3n) is 4.68. The predicted octanol–water partition coefficient (Wildman–Crippen LogP) is 0.554. The van der Waals surface area contributed by atoms with Crippen LogP contribution < -0.4 is 0 Å². The molecule has 2 unspecified atom stereocenters. The molecule has 0 aromatic carbocycles. The zero-order valence-corrected chi connectivity index (χ0v) is 13.4. The Hall–Kier alpha value is -2.19. The van der Waals surface area contributed by atoms with Gasteiger partial charge in [-0.1, -0.05) is 0 Å². The molecule has 4 heterocycles. The first-order chi connectivity index (χ1) is 11.7. The molecule has 1 amide bonds. The third kappa shape index (κ3) is 3.07. The van der Waals surface area contributed by atoms with Gasteiger partial charge in [0.2, 0.25) is 0 Å². The Morgan fingerprint density at radius 2 is 2.42 bits per heavy atom. The number of H-pyrrole nitrogens is 1. The van der Waals surface area contributed by atoms with Crippen molar-refractivity contribution in [3.05, 3.63) is 36.7 Å². The van der Waals surface area contributed by atoms with Crippen LogP contribution in [0.25, 0.3) is 0 Å². The minimum atomic E-state index is -0.419. The molecule has 128 valence electrons. The van der Waals surface area contributed by atoms with E-state index in [2.05, 4.69) is 19.7 Å². The Kier molecular flexibility index (Phi) is 4.07. The highest BCUT2D eigenvalue weighted by Crippen LogP contribution is 2.33. The normalized spacial score (nSPS) is 27.5. The fourth-order valence-electron chi connectivity index (χ4n) is 3.58. The first-order valence-corrected chi connectivity index (χ1v) is 8.20. The van der Waals surface area contributed by atoms with Crippen molar-refractivity contribution < 1.29 is 14.3 Å². The number of aromatic amines is 1. The molecule has 0 aliphatic carbocycles. The van der Waals surface area contributed by atoms with Crippen LogP contribution in [0.2, 0.25) is 0 Å². The zero-order chi connectivity index (χ0) is 16.4. The van der Waals surface area contributed by atoms with E-state index in [-0.39, 0.29) is 5.91 Å². The zero-order valence-electron chi connectivity index (χ0n) is 13.4. The number of nitrogens with zero attached hydrogens (tertiary/aromatic N) is 4. The van der Waals surface area contributed by atoms with E-state index in [1.807, 2.05) is 12.5 Å². The first-order valence-electron chi connectivity index (χ1n) is 8.20. The lowest BCUT2D eigenvalue weighted by molar-refractivity contribution is -0.0539. The predicted molar refractivity (Wildman–Crippen MR) is 84.3 cm³/mol. The van der Waals surface area contributed by atoms with Crippen LogP contribution in [0, 0.1) is 5.92 Å². The Labute approximate surface area is 139 Å². The molecule has 0 saturated carbocycles. The average molecular weight is 331 g/mol. The van der Waals surface area contributed by atoms with Crippen LogP contribution in [0.5, 0.6) is 0 Å². The highest BCUT2D eigenvalue weighted by atomic mass is 16.5. The molecule has 1 N–H and O–H groups in total. The second-order valence-electron chi connectivity index (χ2n) is 6.57. The van der Waals surface area contributed by atoms with Gasteiger partial charge in [-0.3, -0.25) is 9.89 Å². The maximum Gasteiger partial charge on any atom is 0.272 e. The fourth-order valence-corrected chi connectivity index (χ4v) is 3.58. The molecule has 2 aliphatic heterocycles. The maximum atomic E-state index is 12.6. The lowest BCUT2D eigenvalue weighted by Crippen LogP contribution is -2.46. The number of aromatic nitrogens is 4. The second-order valence-corrected chi connectivity index (χ2v) is 6.57. The molecule has 0 radical (unpaired) electrons. The van der Waals surface area contributed by atoms with Crippen molar-refractivity contribution >= 4 is 5.91 Å². The number of ether oxygens (including phenoxy) is 2. The van der Waals surface area contributed by atoms with Gasteiger partial charge in [0, 0.05) is 37.6 Å². The number of amides is 1. The molecule has 2 atom stereocenters. The van der Waals surface area contributed by atoms with E-state index in [0.29, 0.717) is 44.5 Å². The second kappa shape index (κ2) is 6.37. The van der Waals surface area contributed by atoms with E-state index in [1.165, 1.54) is 0 Å². The molecular weight excluding hydrogens is 310 g/mol. The average Bonchev–Trinajstić information content (AvgIpc) is 3.30. The van der Waals surface area contributed by atoms with E-state index in [4.69, 9.17) is 9.47 Å². The van der Waals surface area contributed by atoms with Crippen LogP contribution in [-0.2, 0) is 16.0 Å². The molecule has 4 rings (SSSR count). The van der Waals surface area contributed by atoms with Crippen LogP contribution >= 0.6 is 0 Å². The summed E-state index contributed by atoms with van der Waals surface area (Å²) < 4.78 is 14.0. The number of carbonyl (C=O) groups excluding carboxylic acids is 1. The van der Waals surface area contributed by atoms with Crippen molar-refractivity contribution in [2.75, 3.05) is 32.9 Å². The van der Waals surface area contributed by atoms with E-state index in [1.54, 1.807) is 23.4 Å². The summed E-state index contributed by atoms with van der Waals surface area (Å²) in [6.45, 7) is 3.71. The van der Waals surface area contributed by atoms with Crippen LogP contribution in [0.4, 0.5) is 0 Å². The van der Waals surface area contributed by atoms with Crippen molar-refractivity contribution in [1.82, 2.24) is 24.6 Å². The Morgan fingerprint density at radius 3 is 3.21 bits per heavy atom. The Morgan fingerprint density at radius 1 is 1.46 bits per heavy atom. The highest BCUT2D eigenvalue weighted by molar-refractivity contribution is 5.92. The van der Waals surface area contributed by atoms with Crippen molar-refractivity contribution in [2.24, 2.45) is 5.92 Å². The van der Waals surface area contributed by atoms with Gasteiger partial charge in [-0.25, -0.2) is 4.98 Å². The van der Waals surface area contributed by atoms with Gasteiger partial charge >= 0.3 is 0 Å². The maximum absolute atomic E-state index is 12.6. The number of hydrogen-bond acceptors (Lipinski definition) is 5. The quantitative estimate of drug-likeness (QED) is 0.888. The van der Waals surface area contributed by atoms with E-state index in [0.717, 1.165) is 13.0 Å². The summed E-state index contributed by atoms with van der Waals surface area (Å²) in [5.74, 6) is 0.337. The van der Waals surface area contributed by atoms with E-state index >= 15 is 0 Å². The smallest absolute Gasteiger partial charge is 0.272 e. The number of nitrogens with one attached hydrogen (secondary N) is 1. The molecule has 8 heteroatoms. The number of hydrogen-bond donors (Lipinski definition) is 1. The van der Waals surface area contributed by atoms with E-state index in [9.17, 15) is 4.79 Å². The van der Waals surface area contributed by atoms with Gasteiger partial charge in [0.05, 0.1) is 32.7 Å². The highest BCUT2D eigenvalue weighted by Gasteiger charge is 2.44. The van der Waals surface area contributed by atoms with Gasteiger partial charge in [-0.15, -0.1) is 0 Å². The number of rotatable bonds is 3. The minimum absolute atomic E-state index is 0.0564. The molecule has 8 nitrogen and oxygen atoms in total. The fraction of sp³-hybridized carbons (Fsp3) is 0.562. The topological polar surface area (TPSA) is 85.3 Å². The van der Waals surface area contributed by atoms with Gasteiger partial charge in [-0.2, -0.15) is 5.10 Å². The molecule has 0 bridgehead atoms. The summed E-state index contributed by atoms with van der Waals surface area (Å²) in [5, 5.41) is 6.60. The van der Waals surface area contributed by atoms with Gasteiger partial charge < -0.3 is 18.9 Å². The summed E-state index contributed by atoms with van der Waals surface area (Å²) in [7, 11) is 0. The van der Waals surface area contributed by atoms with Crippen molar-refractivity contribution in [3.8, 4) is 0 Å². The van der Waals surface area contributed by atoms with Crippen LogP contribution in [0.3, 0.4) is 0 Å². The SMILES string of the molecule is O=C(c1ccn[nH]1)N1CCOCC2(CC(Cn3ccnc3)CO2)C1. The van der Waals surface area contributed by atoms with Crippen molar-refractivity contribution in [2.45, 2.75) is 18.6 Å². The van der Waals surface area contributed by atoms with Crippen LogP contribution in [0.1, 0.15) is 16.9 Å². The van der Waals surface area contributed by atoms with Crippen molar-refractivity contribution in [1.29, 1.82) is 0 Å². The Bertz CT molecular complexity index is 672. The van der Waals surface area contributed by atoms with Crippen molar-refractivity contribution in [3.63, 3.8) is 0 Å². The standard InChI is InChI=1S/C16H21N5O3/c22-15(14-1-2-18-19-14)21-5-6-23-11-16(10-21)7-13(9-24-16)8-20-4-3-17-12-20/h1-4,12-13H,5-11H2,(H,18,19). The summed E-state index contributed by atoms with van der Waals surface area (Å²) >= 11 is 0. The largest absolute Gasteiger partial charge is 0.377 e. The summed E-state index contributed by atoms with van der Waals surface area (Å²) in [5.41, 5.74) is 0.0808. The number of carbonyl (C=O) groups is 1. The van der Waals surface area contributed by atoms with E-state index < -0.39 is 5.60 Å². The Balaban J connectivity index is 1.45. The van der Waals surface area contributed by atoms with Gasteiger partial charge in [0.25, 0.3) is 5.91 Å². The molecule has 2 aromatic rings. The summed E-state index contributed by atoms with van der Waals surface area (Å²) in [6, 6.07) is 1.69. The molecule has 24 heavy (non-hydrogen) atoms. The van der Waals surface area contributed by atoms with Gasteiger partial charge in [0.15, 0.2) is 0 Å². The lowest BCUT2D eigenvalue weighted by atomic mass is 9.94. The molecule has 2 fully saturated rings. The molecule has 2 aliphatic rings. The molecular formula is C16H21N5O3. The third-order valence-corrected chi connectivity index (χ3v) is 4.68. The number of imidazole rings is 1. The first kappa shape index (κ1) is 15.3. The molecule has 1 spiro atoms. The lowest BCUT2D eigenvalue weighted by Gasteiger charge is -2.31. The van der Waals surface area contributed by atoms with Gasteiger partial charge in [0.1, 0.15) is 11.3 Å². The monoisotopic (exact) mass is 331 g/mol. The van der Waals surface area contributed by atoms with Crippen LogP contribution in [0.15, 0.2) is 31.0 Å². The summed E-state index contributed by atoms with van der Waals surface area (Å²) in [4.78, 5) is 18.5. The molecule has 2 aromatic heterocycles. The minimum Gasteiger partial charge on any atom is -0.377 e. The van der Waals surface area contributed by atoms with Crippen LogP contribution in [-0.4, -0.2) is 69.1 Å².